The molecule has 1 saturated carbocycles. The molecule has 2 atom stereocenters. The maximum Gasteiger partial charge on any atom is 0.227 e. The fourth-order valence-corrected chi connectivity index (χ4v) is 3.59. The predicted molar refractivity (Wildman–Crippen MR) is 105 cm³/mol. The number of carbonyl (C=O) groups excluding carboxylic acids is 2. The molecule has 1 aliphatic rings. The highest BCUT2D eigenvalue weighted by atomic mass is 16.2. The molecule has 2 aromatic carbocycles. The lowest BCUT2D eigenvalue weighted by atomic mass is 9.91. The van der Waals surface area contributed by atoms with Crippen LogP contribution in [0.5, 0.6) is 0 Å². The van der Waals surface area contributed by atoms with Crippen LogP contribution >= 0.6 is 0 Å². The van der Waals surface area contributed by atoms with Gasteiger partial charge in [0.1, 0.15) is 0 Å². The van der Waals surface area contributed by atoms with E-state index in [2.05, 4.69) is 10.6 Å². The minimum absolute atomic E-state index is 0.0195. The Morgan fingerprint density at radius 1 is 0.846 bits per heavy atom. The number of nitrogens with one attached hydrogen (secondary N) is 2. The fraction of sp³-hybridized carbons (Fsp3) is 0.364. The molecule has 0 radical (unpaired) electrons. The molecule has 4 heteroatoms. The summed E-state index contributed by atoms with van der Waals surface area (Å²) in [5.74, 6) is 0.0133. The zero-order valence-electron chi connectivity index (χ0n) is 15.4. The normalized spacial score (nSPS) is 19.2. The number of benzene rings is 2. The minimum atomic E-state index is -0.0972. The summed E-state index contributed by atoms with van der Waals surface area (Å²) in [7, 11) is 0. The van der Waals surface area contributed by atoms with Crippen LogP contribution in [0.25, 0.3) is 0 Å². The van der Waals surface area contributed by atoms with Crippen molar-refractivity contribution in [1.29, 1.82) is 0 Å². The maximum absolute atomic E-state index is 12.6. The molecule has 1 aliphatic carbocycles. The summed E-state index contributed by atoms with van der Waals surface area (Å²) in [5, 5.41) is 5.94. The first-order chi connectivity index (χ1) is 12.5. The molecule has 0 saturated heterocycles. The Bertz CT molecular complexity index is 766. The van der Waals surface area contributed by atoms with Crippen LogP contribution in [-0.2, 0) is 9.59 Å². The number of aryl methyl sites for hydroxylation is 2. The second-order valence-electron chi connectivity index (χ2n) is 7.27. The lowest BCUT2D eigenvalue weighted by molar-refractivity contribution is -0.122. The summed E-state index contributed by atoms with van der Waals surface area (Å²) in [5.41, 5.74) is 3.94. The zero-order valence-corrected chi connectivity index (χ0v) is 15.4. The average molecular weight is 350 g/mol. The van der Waals surface area contributed by atoms with Crippen molar-refractivity contribution in [3.05, 3.63) is 59.7 Å². The molecule has 0 aromatic heterocycles. The summed E-state index contributed by atoms with van der Waals surface area (Å²) in [6.07, 6.45) is 3.15. The van der Waals surface area contributed by atoms with E-state index in [-0.39, 0.29) is 23.7 Å². The van der Waals surface area contributed by atoms with Crippen molar-refractivity contribution in [2.75, 3.05) is 10.6 Å². The van der Waals surface area contributed by atoms with Crippen LogP contribution in [0.4, 0.5) is 11.4 Å². The van der Waals surface area contributed by atoms with Crippen LogP contribution in [0.15, 0.2) is 48.5 Å². The summed E-state index contributed by atoms with van der Waals surface area (Å²) >= 11 is 0. The minimum Gasteiger partial charge on any atom is -0.326 e. The number of amides is 2. The van der Waals surface area contributed by atoms with Gasteiger partial charge in [-0.15, -0.1) is 0 Å². The molecule has 0 bridgehead atoms. The predicted octanol–water partition coefficient (Wildman–Crippen LogP) is 4.69. The Balaban J connectivity index is 1.56. The molecule has 2 unspecified atom stereocenters. The summed E-state index contributed by atoms with van der Waals surface area (Å²) in [4.78, 5) is 25.0. The van der Waals surface area contributed by atoms with E-state index < -0.39 is 0 Å². The number of carbonyl (C=O) groups is 2. The second-order valence-corrected chi connectivity index (χ2v) is 7.27. The topological polar surface area (TPSA) is 58.2 Å². The van der Waals surface area contributed by atoms with Crippen LogP contribution in [0.3, 0.4) is 0 Å². The standard InChI is InChI=1S/C22H26N2O2/c1-15-6-10-18(11-7-15)23-21(25)14-17-4-3-5-20(17)22(26)24-19-12-8-16(2)9-13-19/h6-13,17,20H,3-5,14H2,1-2H3,(H,23,25)(H,24,26). The first-order valence-electron chi connectivity index (χ1n) is 9.25. The Kier molecular flexibility index (Phi) is 5.71. The van der Waals surface area contributed by atoms with Crippen molar-refractivity contribution in [2.24, 2.45) is 11.8 Å². The highest BCUT2D eigenvalue weighted by Gasteiger charge is 2.34. The van der Waals surface area contributed by atoms with Gasteiger partial charge >= 0.3 is 0 Å². The Labute approximate surface area is 155 Å². The van der Waals surface area contributed by atoms with E-state index in [0.717, 1.165) is 41.8 Å². The third-order valence-corrected chi connectivity index (χ3v) is 5.10. The van der Waals surface area contributed by atoms with E-state index in [4.69, 9.17) is 0 Å². The van der Waals surface area contributed by atoms with Crippen molar-refractivity contribution < 1.29 is 9.59 Å². The van der Waals surface area contributed by atoms with Crippen molar-refractivity contribution >= 4 is 23.2 Å². The monoisotopic (exact) mass is 350 g/mol. The highest BCUT2D eigenvalue weighted by molar-refractivity contribution is 5.94. The van der Waals surface area contributed by atoms with Gasteiger partial charge in [0.15, 0.2) is 0 Å². The van der Waals surface area contributed by atoms with Crippen molar-refractivity contribution in [3.8, 4) is 0 Å². The first-order valence-corrected chi connectivity index (χ1v) is 9.25. The van der Waals surface area contributed by atoms with Gasteiger partial charge in [-0.2, -0.15) is 0 Å². The van der Waals surface area contributed by atoms with Crippen LogP contribution in [0.2, 0.25) is 0 Å². The molecule has 1 fully saturated rings. The van der Waals surface area contributed by atoms with Gasteiger partial charge in [-0.05, 0) is 56.9 Å². The van der Waals surface area contributed by atoms with Gasteiger partial charge in [0.05, 0.1) is 0 Å². The SMILES string of the molecule is Cc1ccc(NC(=O)CC2CCCC2C(=O)Nc2ccc(C)cc2)cc1. The smallest absolute Gasteiger partial charge is 0.227 e. The third kappa shape index (κ3) is 4.72. The molecule has 4 nitrogen and oxygen atoms in total. The molecule has 2 amide bonds. The molecule has 136 valence electrons. The summed E-state index contributed by atoms with van der Waals surface area (Å²) in [6.45, 7) is 4.03. The molecule has 0 aliphatic heterocycles. The van der Waals surface area contributed by atoms with Gasteiger partial charge in [-0.3, -0.25) is 9.59 Å². The Hall–Kier alpha value is -2.62. The number of hydrogen-bond donors (Lipinski definition) is 2. The van der Waals surface area contributed by atoms with Gasteiger partial charge in [-0.1, -0.05) is 41.8 Å². The van der Waals surface area contributed by atoms with Crippen LogP contribution in [0.1, 0.15) is 36.8 Å². The van der Waals surface area contributed by atoms with Gasteiger partial charge in [0.2, 0.25) is 11.8 Å². The molecule has 2 N–H and O–H groups in total. The molecule has 26 heavy (non-hydrogen) atoms. The maximum atomic E-state index is 12.6. The summed E-state index contributed by atoms with van der Waals surface area (Å²) < 4.78 is 0. The molecule has 2 aromatic rings. The fourth-order valence-electron chi connectivity index (χ4n) is 3.59. The van der Waals surface area contributed by atoms with Gasteiger partial charge in [0, 0.05) is 23.7 Å². The number of hydrogen-bond acceptors (Lipinski definition) is 2. The van der Waals surface area contributed by atoms with E-state index in [1.807, 2.05) is 62.4 Å². The van der Waals surface area contributed by atoms with Crippen molar-refractivity contribution in [3.63, 3.8) is 0 Å². The van der Waals surface area contributed by atoms with Crippen LogP contribution in [-0.4, -0.2) is 11.8 Å². The van der Waals surface area contributed by atoms with Gasteiger partial charge < -0.3 is 10.6 Å². The number of rotatable bonds is 5. The lowest BCUT2D eigenvalue weighted by Crippen LogP contribution is -2.28. The molecular weight excluding hydrogens is 324 g/mol. The van der Waals surface area contributed by atoms with E-state index in [1.165, 1.54) is 0 Å². The summed E-state index contributed by atoms with van der Waals surface area (Å²) in [6, 6.07) is 15.6. The average Bonchev–Trinajstić information content (AvgIpc) is 3.07. The van der Waals surface area contributed by atoms with Gasteiger partial charge in [-0.25, -0.2) is 0 Å². The quantitative estimate of drug-likeness (QED) is 0.822. The van der Waals surface area contributed by atoms with E-state index in [9.17, 15) is 9.59 Å². The second kappa shape index (κ2) is 8.17. The zero-order chi connectivity index (χ0) is 18.5. The molecule has 0 heterocycles. The van der Waals surface area contributed by atoms with Gasteiger partial charge in [0.25, 0.3) is 0 Å². The Morgan fingerprint density at radius 3 is 1.96 bits per heavy atom. The van der Waals surface area contributed by atoms with Crippen molar-refractivity contribution in [1.82, 2.24) is 0 Å². The number of anilines is 2. The molecule has 3 rings (SSSR count). The first kappa shape index (κ1) is 18.2. The van der Waals surface area contributed by atoms with E-state index >= 15 is 0 Å². The third-order valence-electron chi connectivity index (χ3n) is 5.10. The Morgan fingerprint density at radius 2 is 1.38 bits per heavy atom. The van der Waals surface area contributed by atoms with E-state index in [0.29, 0.717) is 6.42 Å². The highest BCUT2D eigenvalue weighted by Crippen LogP contribution is 2.35. The lowest BCUT2D eigenvalue weighted by Gasteiger charge is -2.19. The van der Waals surface area contributed by atoms with Crippen LogP contribution < -0.4 is 10.6 Å². The van der Waals surface area contributed by atoms with Crippen molar-refractivity contribution in [2.45, 2.75) is 39.5 Å². The molecular formula is C22H26N2O2. The largest absolute Gasteiger partial charge is 0.326 e. The molecule has 0 spiro atoms. The van der Waals surface area contributed by atoms with Crippen LogP contribution in [0, 0.1) is 25.7 Å². The van der Waals surface area contributed by atoms with E-state index in [1.54, 1.807) is 0 Å².